The number of carbonyl (C=O) groups is 2. The van der Waals surface area contributed by atoms with Crippen LogP contribution in [0.2, 0.25) is 0 Å². The zero-order valence-corrected chi connectivity index (χ0v) is 12.4. The van der Waals surface area contributed by atoms with Gasteiger partial charge in [-0.3, -0.25) is 14.5 Å². The topological polar surface area (TPSA) is 70.7 Å². The van der Waals surface area contributed by atoms with E-state index in [1.165, 1.54) is 0 Å². The summed E-state index contributed by atoms with van der Waals surface area (Å²) in [5, 5.41) is 5.78. The Morgan fingerprint density at radius 3 is 2.50 bits per heavy atom. The highest BCUT2D eigenvalue weighted by Gasteiger charge is 2.47. The molecule has 1 aliphatic heterocycles. The van der Waals surface area contributed by atoms with Crippen LogP contribution in [0.15, 0.2) is 0 Å². The van der Waals surface area contributed by atoms with Crippen molar-refractivity contribution in [3.05, 3.63) is 0 Å². The van der Waals surface area contributed by atoms with Crippen LogP contribution in [-0.2, 0) is 14.3 Å². The Kier molecular flexibility index (Phi) is 5.37. The Labute approximate surface area is 120 Å². The van der Waals surface area contributed by atoms with Crippen LogP contribution >= 0.6 is 0 Å². The maximum Gasteiger partial charge on any atom is 0.224 e. The molecule has 1 aliphatic carbocycles. The number of hydrogen-bond acceptors (Lipinski definition) is 4. The number of hydrogen-bond donors (Lipinski definition) is 2. The Balaban J connectivity index is 1.60. The third-order valence-electron chi connectivity index (χ3n) is 3.73. The maximum atomic E-state index is 11.9. The standard InChI is InChI=1S/C14H25N3O3/c1-10(2)16-14(19)12-9-11(12)13(18)15-3-4-17-5-7-20-8-6-17/h10-12H,3-9H2,1-2H3,(H,15,18)(H,16,19). The molecule has 0 spiro atoms. The minimum atomic E-state index is -0.126. The Morgan fingerprint density at radius 1 is 1.20 bits per heavy atom. The first kappa shape index (κ1) is 15.3. The Hall–Kier alpha value is -1.14. The quantitative estimate of drug-likeness (QED) is 0.695. The van der Waals surface area contributed by atoms with Crippen LogP contribution in [0.1, 0.15) is 20.3 Å². The van der Waals surface area contributed by atoms with E-state index in [0.717, 1.165) is 32.8 Å². The number of nitrogens with one attached hydrogen (secondary N) is 2. The molecule has 6 heteroatoms. The van der Waals surface area contributed by atoms with Gasteiger partial charge < -0.3 is 15.4 Å². The number of morpholine rings is 1. The molecule has 20 heavy (non-hydrogen) atoms. The second kappa shape index (κ2) is 7.04. The van der Waals surface area contributed by atoms with Gasteiger partial charge in [-0.1, -0.05) is 0 Å². The predicted octanol–water partition coefficient (Wildman–Crippen LogP) is -0.404. The zero-order valence-electron chi connectivity index (χ0n) is 12.4. The number of amides is 2. The van der Waals surface area contributed by atoms with E-state index in [2.05, 4.69) is 15.5 Å². The molecule has 2 atom stereocenters. The van der Waals surface area contributed by atoms with Crippen molar-refractivity contribution in [1.29, 1.82) is 0 Å². The van der Waals surface area contributed by atoms with Gasteiger partial charge in [0.1, 0.15) is 0 Å². The Bertz CT molecular complexity index is 354. The average molecular weight is 283 g/mol. The minimum Gasteiger partial charge on any atom is -0.379 e. The van der Waals surface area contributed by atoms with Crippen molar-refractivity contribution < 1.29 is 14.3 Å². The van der Waals surface area contributed by atoms with Gasteiger partial charge in [-0.25, -0.2) is 0 Å². The van der Waals surface area contributed by atoms with Crippen molar-refractivity contribution in [3.8, 4) is 0 Å². The van der Waals surface area contributed by atoms with Crippen molar-refractivity contribution in [2.24, 2.45) is 11.8 Å². The maximum absolute atomic E-state index is 11.9. The summed E-state index contributed by atoms with van der Waals surface area (Å²) in [5.41, 5.74) is 0. The second-order valence-electron chi connectivity index (χ2n) is 5.86. The predicted molar refractivity (Wildman–Crippen MR) is 75.1 cm³/mol. The van der Waals surface area contributed by atoms with Crippen LogP contribution < -0.4 is 10.6 Å². The summed E-state index contributed by atoms with van der Waals surface area (Å²) >= 11 is 0. The van der Waals surface area contributed by atoms with Crippen molar-refractivity contribution in [2.75, 3.05) is 39.4 Å². The smallest absolute Gasteiger partial charge is 0.224 e. The fourth-order valence-electron chi connectivity index (χ4n) is 2.46. The van der Waals surface area contributed by atoms with E-state index in [1.54, 1.807) is 0 Å². The lowest BCUT2D eigenvalue weighted by atomic mass is 10.2. The van der Waals surface area contributed by atoms with Crippen LogP contribution in [0.4, 0.5) is 0 Å². The summed E-state index contributed by atoms with van der Waals surface area (Å²) in [6.45, 7) is 8.76. The van der Waals surface area contributed by atoms with E-state index in [1.807, 2.05) is 13.8 Å². The summed E-state index contributed by atoms with van der Waals surface area (Å²) in [6.07, 6.45) is 0.682. The van der Waals surface area contributed by atoms with Gasteiger partial charge in [-0.2, -0.15) is 0 Å². The molecule has 0 aromatic rings. The first-order valence-electron chi connectivity index (χ1n) is 7.46. The number of nitrogens with zero attached hydrogens (tertiary/aromatic N) is 1. The molecule has 0 radical (unpaired) electrons. The van der Waals surface area contributed by atoms with Crippen LogP contribution in [0.3, 0.4) is 0 Å². The lowest BCUT2D eigenvalue weighted by Gasteiger charge is -2.26. The molecule has 0 aromatic carbocycles. The number of ether oxygens (including phenoxy) is 1. The normalized spacial score (nSPS) is 26.4. The summed E-state index contributed by atoms with van der Waals surface area (Å²) < 4.78 is 5.27. The molecule has 1 heterocycles. The number of carbonyl (C=O) groups excluding carboxylic acids is 2. The SMILES string of the molecule is CC(C)NC(=O)C1CC1C(=O)NCCN1CCOCC1. The van der Waals surface area contributed by atoms with Gasteiger partial charge in [0.2, 0.25) is 11.8 Å². The third-order valence-corrected chi connectivity index (χ3v) is 3.73. The lowest BCUT2D eigenvalue weighted by molar-refractivity contribution is -0.127. The molecular formula is C14H25N3O3. The molecule has 2 aliphatic rings. The van der Waals surface area contributed by atoms with Gasteiger partial charge in [-0.05, 0) is 20.3 Å². The molecule has 2 amide bonds. The fourth-order valence-corrected chi connectivity index (χ4v) is 2.46. The van der Waals surface area contributed by atoms with E-state index >= 15 is 0 Å². The summed E-state index contributed by atoms with van der Waals surface area (Å²) in [4.78, 5) is 25.9. The highest BCUT2D eigenvalue weighted by Crippen LogP contribution is 2.38. The van der Waals surface area contributed by atoms with Crippen molar-refractivity contribution in [3.63, 3.8) is 0 Å². The Morgan fingerprint density at radius 2 is 1.85 bits per heavy atom. The van der Waals surface area contributed by atoms with Crippen LogP contribution in [0, 0.1) is 11.8 Å². The van der Waals surface area contributed by atoms with Gasteiger partial charge in [0.25, 0.3) is 0 Å². The zero-order chi connectivity index (χ0) is 14.5. The largest absolute Gasteiger partial charge is 0.379 e. The highest BCUT2D eigenvalue weighted by atomic mass is 16.5. The third kappa shape index (κ3) is 4.45. The molecule has 114 valence electrons. The monoisotopic (exact) mass is 283 g/mol. The molecule has 1 saturated carbocycles. The van der Waals surface area contributed by atoms with E-state index in [9.17, 15) is 9.59 Å². The van der Waals surface area contributed by atoms with Gasteiger partial charge in [-0.15, -0.1) is 0 Å². The molecule has 1 saturated heterocycles. The molecular weight excluding hydrogens is 258 g/mol. The minimum absolute atomic E-state index is 0.00771. The summed E-state index contributed by atoms with van der Waals surface area (Å²) in [7, 11) is 0. The lowest BCUT2D eigenvalue weighted by Crippen LogP contribution is -2.42. The highest BCUT2D eigenvalue weighted by molar-refractivity contribution is 5.92. The van der Waals surface area contributed by atoms with Crippen LogP contribution in [0.25, 0.3) is 0 Å². The molecule has 2 fully saturated rings. The second-order valence-corrected chi connectivity index (χ2v) is 5.86. The molecule has 2 N–H and O–H groups in total. The molecule has 2 rings (SSSR count). The van der Waals surface area contributed by atoms with Crippen LogP contribution in [0.5, 0.6) is 0 Å². The molecule has 0 aromatic heterocycles. The van der Waals surface area contributed by atoms with Crippen molar-refractivity contribution in [2.45, 2.75) is 26.3 Å². The average Bonchev–Trinajstić information content (AvgIpc) is 3.19. The molecule has 2 unspecified atom stereocenters. The summed E-state index contributed by atoms with van der Waals surface area (Å²) in [6, 6.07) is 0.133. The van der Waals surface area contributed by atoms with Crippen LogP contribution in [-0.4, -0.2) is 62.1 Å². The first-order chi connectivity index (χ1) is 9.58. The van der Waals surface area contributed by atoms with Crippen molar-refractivity contribution in [1.82, 2.24) is 15.5 Å². The van der Waals surface area contributed by atoms with E-state index in [4.69, 9.17) is 4.74 Å². The first-order valence-corrected chi connectivity index (χ1v) is 7.46. The molecule has 0 bridgehead atoms. The van der Waals surface area contributed by atoms with Gasteiger partial charge >= 0.3 is 0 Å². The molecule has 6 nitrogen and oxygen atoms in total. The summed E-state index contributed by atoms with van der Waals surface area (Å²) in [5.74, 6) is -0.227. The van der Waals surface area contributed by atoms with E-state index in [-0.39, 0.29) is 29.7 Å². The van der Waals surface area contributed by atoms with Gasteiger partial charge in [0.15, 0.2) is 0 Å². The number of rotatable bonds is 6. The fraction of sp³-hybridized carbons (Fsp3) is 0.857. The van der Waals surface area contributed by atoms with Crippen molar-refractivity contribution >= 4 is 11.8 Å². The van der Waals surface area contributed by atoms with E-state index in [0.29, 0.717) is 13.0 Å². The van der Waals surface area contributed by atoms with E-state index < -0.39 is 0 Å². The van der Waals surface area contributed by atoms with Gasteiger partial charge in [0.05, 0.1) is 25.0 Å². The van der Waals surface area contributed by atoms with Gasteiger partial charge in [0, 0.05) is 32.2 Å².